The lowest BCUT2D eigenvalue weighted by Crippen LogP contribution is -2.43. The molecule has 0 spiro atoms. The molecule has 7 heteroatoms. The third kappa shape index (κ3) is 6.73. The number of rotatable bonds is 9. The predicted octanol–water partition coefficient (Wildman–Crippen LogP) is 3.29. The lowest BCUT2D eigenvalue weighted by molar-refractivity contribution is 0.186. The van der Waals surface area contributed by atoms with Crippen molar-refractivity contribution in [3.63, 3.8) is 0 Å². The molecule has 154 valence electrons. The van der Waals surface area contributed by atoms with Crippen molar-refractivity contribution < 1.29 is 14.6 Å². The first-order valence-corrected chi connectivity index (χ1v) is 10.3. The highest BCUT2D eigenvalue weighted by Crippen LogP contribution is 2.26. The number of aliphatic hydroxyl groups excluding tert-OH is 1. The maximum Gasteiger partial charge on any atom is 0.191 e. The van der Waals surface area contributed by atoms with Crippen LogP contribution in [0.15, 0.2) is 35.3 Å². The fourth-order valence-corrected chi connectivity index (χ4v) is 3.83. The van der Waals surface area contributed by atoms with Crippen LogP contribution in [0.5, 0.6) is 11.5 Å². The maximum atomic E-state index is 10.6. The van der Waals surface area contributed by atoms with Crippen molar-refractivity contribution in [2.45, 2.75) is 39.3 Å². The highest BCUT2D eigenvalue weighted by atomic mass is 32.1. The summed E-state index contributed by atoms with van der Waals surface area (Å²) in [7, 11) is 3.18. The Bertz CT molecular complexity index is 754. The number of nitrogens with one attached hydrogen (secondary N) is 2. The molecule has 3 N–H and O–H groups in total. The quantitative estimate of drug-likeness (QED) is 0.441. The van der Waals surface area contributed by atoms with Gasteiger partial charge >= 0.3 is 0 Å². The summed E-state index contributed by atoms with van der Waals surface area (Å²) >= 11 is 1.81. The Balaban J connectivity index is 2.02. The summed E-state index contributed by atoms with van der Waals surface area (Å²) in [6.07, 6.45) is 0.174. The van der Waals surface area contributed by atoms with Gasteiger partial charge in [0, 0.05) is 34.8 Å². The van der Waals surface area contributed by atoms with Gasteiger partial charge < -0.3 is 25.2 Å². The second-order valence-electron chi connectivity index (χ2n) is 6.64. The third-order valence-electron chi connectivity index (χ3n) is 4.21. The molecule has 0 fully saturated rings. The number of hydrogen-bond acceptors (Lipinski definition) is 5. The van der Waals surface area contributed by atoms with Crippen molar-refractivity contribution >= 4 is 17.3 Å². The number of ether oxygens (including phenoxy) is 2. The number of guanidine groups is 1. The fourth-order valence-electron chi connectivity index (χ4n) is 2.81. The number of benzene rings is 1. The lowest BCUT2D eigenvalue weighted by Gasteiger charge is -2.18. The molecular formula is C21H31N3O3S. The van der Waals surface area contributed by atoms with E-state index in [0.29, 0.717) is 23.0 Å². The zero-order valence-electron chi connectivity index (χ0n) is 17.3. The summed E-state index contributed by atoms with van der Waals surface area (Å²) in [6, 6.07) is 9.91. The number of methoxy groups -OCH3 is 2. The SMILES string of the molecule is CCNC(=NCC(O)c1cc(OC)cc(OC)c1)NC(C)Cc1ccc(C)s1. The van der Waals surface area contributed by atoms with Gasteiger partial charge in [0.25, 0.3) is 0 Å². The van der Waals surface area contributed by atoms with Gasteiger partial charge in [-0.25, -0.2) is 0 Å². The number of thiophene rings is 1. The van der Waals surface area contributed by atoms with Crippen molar-refractivity contribution in [3.8, 4) is 11.5 Å². The Labute approximate surface area is 171 Å². The zero-order valence-corrected chi connectivity index (χ0v) is 18.1. The summed E-state index contributed by atoms with van der Waals surface area (Å²) in [5.41, 5.74) is 0.706. The minimum Gasteiger partial charge on any atom is -0.497 e. The van der Waals surface area contributed by atoms with Crippen LogP contribution in [-0.2, 0) is 6.42 Å². The van der Waals surface area contributed by atoms with E-state index in [-0.39, 0.29) is 12.6 Å². The highest BCUT2D eigenvalue weighted by Gasteiger charge is 2.12. The van der Waals surface area contributed by atoms with Crippen LogP contribution in [0.1, 0.15) is 35.3 Å². The molecule has 1 heterocycles. The first kappa shape index (κ1) is 22.0. The molecule has 0 amide bonds. The van der Waals surface area contributed by atoms with E-state index in [1.807, 2.05) is 18.3 Å². The average Bonchev–Trinajstić information content (AvgIpc) is 3.09. The molecule has 0 bridgehead atoms. The summed E-state index contributed by atoms with van der Waals surface area (Å²) in [6.45, 7) is 7.25. The van der Waals surface area contributed by atoms with Gasteiger partial charge in [0.05, 0.1) is 26.9 Å². The normalized spacial score (nSPS) is 13.7. The second-order valence-corrected chi connectivity index (χ2v) is 8.02. The Morgan fingerprint density at radius 2 is 1.86 bits per heavy atom. The van der Waals surface area contributed by atoms with Crippen molar-refractivity contribution in [1.82, 2.24) is 10.6 Å². The van der Waals surface area contributed by atoms with Crippen LogP contribution in [0.25, 0.3) is 0 Å². The third-order valence-corrected chi connectivity index (χ3v) is 5.23. The van der Waals surface area contributed by atoms with Crippen LogP contribution in [0.4, 0.5) is 0 Å². The van der Waals surface area contributed by atoms with Crippen molar-refractivity contribution in [2.24, 2.45) is 4.99 Å². The van der Waals surface area contributed by atoms with Crippen LogP contribution in [0, 0.1) is 6.92 Å². The highest BCUT2D eigenvalue weighted by molar-refractivity contribution is 7.11. The fraction of sp³-hybridized carbons (Fsp3) is 0.476. The van der Waals surface area contributed by atoms with E-state index in [0.717, 1.165) is 13.0 Å². The molecule has 28 heavy (non-hydrogen) atoms. The molecule has 0 aliphatic carbocycles. The number of aliphatic hydroxyl groups is 1. The van der Waals surface area contributed by atoms with Gasteiger partial charge in [-0.05, 0) is 50.6 Å². The van der Waals surface area contributed by atoms with Crippen molar-refractivity contribution in [1.29, 1.82) is 0 Å². The van der Waals surface area contributed by atoms with E-state index in [4.69, 9.17) is 9.47 Å². The van der Waals surface area contributed by atoms with Gasteiger partial charge in [-0.15, -0.1) is 11.3 Å². The first-order chi connectivity index (χ1) is 13.4. The van der Waals surface area contributed by atoms with E-state index in [1.165, 1.54) is 9.75 Å². The van der Waals surface area contributed by atoms with Gasteiger partial charge in [-0.2, -0.15) is 0 Å². The van der Waals surface area contributed by atoms with Crippen molar-refractivity contribution in [2.75, 3.05) is 27.3 Å². The number of aliphatic imine (C=N–C) groups is 1. The van der Waals surface area contributed by atoms with Crippen LogP contribution < -0.4 is 20.1 Å². The molecule has 0 aliphatic rings. The summed E-state index contributed by atoms with van der Waals surface area (Å²) in [4.78, 5) is 7.22. The van der Waals surface area contributed by atoms with E-state index in [9.17, 15) is 5.11 Å². The Morgan fingerprint density at radius 3 is 2.39 bits per heavy atom. The monoisotopic (exact) mass is 405 g/mol. The number of aryl methyl sites for hydroxylation is 1. The predicted molar refractivity (Wildman–Crippen MR) is 116 cm³/mol. The van der Waals surface area contributed by atoms with Crippen LogP contribution in [-0.4, -0.2) is 44.4 Å². The first-order valence-electron chi connectivity index (χ1n) is 9.46. The van der Waals surface area contributed by atoms with E-state index >= 15 is 0 Å². The van der Waals surface area contributed by atoms with Crippen LogP contribution >= 0.6 is 11.3 Å². The van der Waals surface area contributed by atoms with Crippen LogP contribution in [0.3, 0.4) is 0 Å². The molecule has 6 nitrogen and oxygen atoms in total. The van der Waals surface area contributed by atoms with E-state index in [1.54, 1.807) is 32.4 Å². The van der Waals surface area contributed by atoms with Gasteiger partial charge in [-0.1, -0.05) is 0 Å². The molecule has 0 saturated heterocycles. The Kier molecular flexibility index (Phi) is 8.60. The largest absolute Gasteiger partial charge is 0.497 e. The van der Waals surface area contributed by atoms with Gasteiger partial charge in [0.2, 0.25) is 0 Å². The standard InChI is InChI=1S/C21H31N3O3S/c1-6-22-21(24-14(2)9-19-8-7-15(3)28-19)23-13-20(25)16-10-17(26-4)12-18(11-16)27-5/h7-8,10-12,14,20,25H,6,9,13H2,1-5H3,(H2,22,23,24). The summed E-state index contributed by atoms with van der Waals surface area (Å²) < 4.78 is 10.5. The Hall–Kier alpha value is -2.25. The van der Waals surface area contributed by atoms with Crippen molar-refractivity contribution in [3.05, 3.63) is 45.6 Å². The minimum absolute atomic E-state index is 0.227. The topological polar surface area (TPSA) is 75.1 Å². The van der Waals surface area contributed by atoms with Gasteiger partial charge in [0.1, 0.15) is 11.5 Å². The zero-order chi connectivity index (χ0) is 20.5. The molecule has 2 rings (SSSR count). The summed E-state index contributed by atoms with van der Waals surface area (Å²) in [5, 5.41) is 17.2. The Morgan fingerprint density at radius 1 is 1.18 bits per heavy atom. The molecule has 2 atom stereocenters. The summed E-state index contributed by atoms with van der Waals surface area (Å²) in [5.74, 6) is 1.97. The van der Waals surface area contributed by atoms with E-state index < -0.39 is 6.10 Å². The van der Waals surface area contributed by atoms with Crippen LogP contribution in [0.2, 0.25) is 0 Å². The van der Waals surface area contributed by atoms with E-state index in [2.05, 4.69) is 41.6 Å². The molecule has 1 aromatic heterocycles. The van der Waals surface area contributed by atoms with Gasteiger partial charge in [0.15, 0.2) is 5.96 Å². The molecule has 2 aromatic rings. The number of nitrogens with zero attached hydrogens (tertiary/aromatic N) is 1. The average molecular weight is 406 g/mol. The minimum atomic E-state index is -0.755. The second kappa shape index (κ2) is 10.9. The molecule has 0 radical (unpaired) electrons. The lowest BCUT2D eigenvalue weighted by atomic mass is 10.1. The molecule has 0 saturated carbocycles. The number of hydrogen-bond donors (Lipinski definition) is 3. The molecule has 1 aromatic carbocycles. The van der Waals surface area contributed by atoms with Gasteiger partial charge in [-0.3, -0.25) is 4.99 Å². The smallest absolute Gasteiger partial charge is 0.191 e. The molecule has 0 aliphatic heterocycles. The molecular weight excluding hydrogens is 374 g/mol. The maximum absolute atomic E-state index is 10.6. The molecule has 2 unspecified atom stereocenters.